The van der Waals surface area contributed by atoms with Gasteiger partial charge in [0, 0.05) is 18.5 Å². The molecule has 0 radical (unpaired) electrons. The van der Waals surface area contributed by atoms with Crippen molar-refractivity contribution in [2.24, 2.45) is 5.92 Å². The van der Waals surface area contributed by atoms with Gasteiger partial charge in [0.15, 0.2) is 0 Å². The van der Waals surface area contributed by atoms with E-state index in [-0.39, 0.29) is 30.1 Å². The minimum atomic E-state index is -3.18. The van der Waals surface area contributed by atoms with Crippen molar-refractivity contribution in [3.8, 4) is 5.75 Å². The molecule has 1 aromatic rings. The average molecular weight is 377 g/mol. The van der Waals surface area contributed by atoms with Crippen LogP contribution >= 0.6 is 12.4 Å². The van der Waals surface area contributed by atoms with Gasteiger partial charge >= 0.3 is 0 Å². The number of benzene rings is 1. The van der Waals surface area contributed by atoms with Crippen LogP contribution in [-0.2, 0) is 10.0 Å². The van der Waals surface area contributed by atoms with Crippen LogP contribution in [0.25, 0.3) is 0 Å². The Morgan fingerprint density at radius 3 is 2.54 bits per heavy atom. The Morgan fingerprint density at radius 1 is 1.29 bits per heavy atom. The lowest BCUT2D eigenvalue weighted by Crippen LogP contribution is -2.51. The summed E-state index contributed by atoms with van der Waals surface area (Å²) in [5, 5.41) is 3.31. The quantitative estimate of drug-likeness (QED) is 0.767. The number of piperidine rings is 1. The first-order chi connectivity index (χ1) is 10.9. The molecule has 5 nitrogen and oxygen atoms in total. The molecule has 1 aromatic carbocycles. The summed E-state index contributed by atoms with van der Waals surface area (Å²) in [5.41, 5.74) is 1.28. The second kappa shape index (κ2) is 9.61. The molecule has 138 valence electrons. The van der Waals surface area contributed by atoms with Crippen molar-refractivity contribution < 1.29 is 13.2 Å². The van der Waals surface area contributed by atoms with E-state index in [1.54, 1.807) is 6.92 Å². The first-order valence-corrected chi connectivity index (χ1v) is 10.00. The standard InChI is InChI=1S/C17H28N2O3S.ClH/c1-4-23(20,21)19-17-9-10-18-11-15(17)12-22-16-7-5-14(6-8-16)13(2)3;/h5-8,13,15,17-19H,4,9-12H2,1-3H3;1H/t15-,17+;/m1./s1. The molecule has 7 heteroatoms. The molecule has 0 aromatic heterocycles. The zero-order valence-corrected chi connectivity index (χ0v) is 16.3. The lowest BCUT2D eigenvalue weighted by atomic mass is 9.95. The van der Waals surface area contributed by atoms with Crippen molar-refractivity contribution in [3.63, 3.8) is 0 Å². The van der Waals surface area contributed by atoms with Crippen LogP contribution in [0.2, 0.25) is 0 Å². The SMILES string of the molecule is CCS(=O)(=O)N[C@H]1CCNC[C@@H]1COc1ccc(C(C)C)cc1.Cl. The van der Waals surface area contributed by atoms with Crippen molar-refractivity contribution in [1.29, 1.82) is 0 Å². The molecule has 2 atom stereocenters. The molecule has 0 spiro atoms. The van der Waals surface area contributed by atoms with Gasteiger partial charge in [-0.3, -0.25) is 0 Å². The third-order valence-electron chi connectivity index (χ3n) is 4.33. The summed E-state index contributed by atoms with van der Waals surface area (Å²) in [7, 11) is -3.18. The Kier molecular flexibility index (Phi) is 8.50. The minimum Gasteiger partial charge on any atom is -0.493 e. The van der Waals surface area contributed by atoms with Crippen molar-refractivity contribution >= 4 is 22.4 Å². The summed E-state index contributed by atoms with van der Waals surface area (Å²) in [5.74, 6) is 1.58. The molecule has 1 heterocycles. The second-order valence-electron chi connectivity index (χ2n) is 6.42. The number of rotatable bonds is 7. The van der Waals surface area contributed by atoms with Crippen molar-refractivity contribution in [3.05, 3.63) is 29.8 Å². The van der Waals surface area contributed by atoms with E-state index in [0.29, 0.717) is 12.5 Å². The van der Waals surface area contributed by atoms with E-state index >= 15 is 0 Å². The van der Waals surface area contributed by atoms with Gasteiger partial charge in [-0.25, -0.2) is 13.1 Å². The van der Waals surface area contributed by atoms with E-state index in [0.717, 1.165) is 25.3 Å². The third-order valence-corrected chi connectivity index (χ3v) is 5.75. The van der Waals surface area contributed by atoms with E-state index in [9.17, 15) is 8.42 Å². The molecular weight excluding hydrogens is 348 g/mol. The van der Waals surface area contributed by atoms with Gasteiger partial charge in [-0.15, -0.1) is 12.4 Å². The number of sulfonamides is 1. The molecule has 1 saturated heterocycles. The van der Waals surface area contributed by atoms with Crippen LogP contribution in [0, 0.1) is 5.92 Å². The zero-order valence-electron chi connectivity index (χ0n) is 14.6. The predicted octanol–water partition coefficient (Wildman–Crippen LogP) is 2.53. The Hall–Kier alpha value is -0.820. The maximum atomic E-state index is 11.8. The predicted molar refractivity (Wildman–Crippen MR) is 101 cm³/mol. The number of nitrogens with one attached hydrogen (secondary N) is 2. The molecule has 0 bridgehead atoms. The van der Waals surface area contributed by atoms with Gasteiger partial charge in [0.05, 0.1) is 12.4 Å². The van der Waals surface area contributed by atoms with E-state index in [4.69, 9.17) is 4.74 Å². The van der Waals surface area contributed by atoms with Crippen LogP contribution in [0.4, 0.5) is 0 Å². The van der Waals surface area contributed by atoms with Gasteiger partial charge in [-0.2, -0.15) is 0 Å². The molecular formula is C17H29ClN2O3S. The van der Waals surface area contributed by atoms with Crippen LogP contribution in [-0.4, -0.2) is 39.9 Å². The van der Waals surface area contributed by atoms with Crippen LogP contribution in [0.5, 0.6) is 5.75 Å². The summed E-state index contributed by atoms with van der Waals surface area (Å²) in [4.78, 5) is 0. The van der Waals surface area contributed by atoms with Crippen LogP contribution in [0.3, 0.4) is 0 Å². The summed E-state index contributed by atoms with van der Waals surface area (Å²) in [6, 6.07) is 8.07. The smallest absolute Gasteiger partial charge is 0.211 e. The van der Waals surface area contributed by atoms with Crippen LogP contribution in [0.15, 0.2) is 24.3 Å². The fraction of sp³-hybridized carbons (Fsp3) is 0.647. The average Bonchev–Trinajstić information content (AvgIpc) is 2.54. The van der Waals surface area contributed by atoms with Gasteiger partial charge in [0.25, 0.3) is 0 Å². The highest BCUT2D eigenvalue weighted by Gasteiger charge is 2.28. The highest BCUT2D eigenvalue weighted by atomic mass is 35.5. The zero-order chi connectivity index (χ0) is 16.9. The molecule has 0 unspecified atom stereocenters. The van der Waals surface area contributed by atoms with Gasteiger partial charge in [-0.05, 0) is 43.5 Å². The van der Waals surface area contributed by atoms with E-state index < -0.39 is 10.0 Å². The first kappa shape index (κ1) is 21.2. The number of hydrogen-bond donors (Lipinski definition) is 2. The summed E-state index contributed by atoms with van der Waals surface area (Å²) in [6.07, 6.45) is 0.791. The maximum Gasteiger partial charge on any atom is 0.211 e. The topological polar surface area (TPSA) is 67.4 Å². The normalized spacial score (nSPS) is 21.3. The van der Waals surface area contributed by atoms with Crippen molar-refractivity contribution in [1.82, 2.24) is 10.0 Å². The first-order valence-electron chi connectivity index (χ1n) is 8.34. The molecule has 2 rings (SSSR count). The third kappa shape index (κ3) is 6.24. The fourth-order valence-electron chi connectivity index (χ4n) is 2.72. The molecule has 0 saturated carbocycles. The molecule has 0 amide bonds. The van der Waals surface area contributed by atoms with E-state index in [2.05, 4.69) is 36.0 Å². The molecule has 2 N–H and O–H groups in total. The Morgan fingerprint density at radius 2 is 1.96 bits per heavy atom. The lowest BCUT2D eigenvalue weighted by molar-refractivity contribution is 0.191. The highest BCUT2D eigenvalue weighted by Crippen LogP contribution is 2.20. The molecule has 24 heavy (non-hydrogen) atoms. The molecule has 1 fully saturated rings. The maximum absolute atomic E-state index is 11.8. The van der Waals surface area contributed by atoms with Crippen LogP contribution < -0.4 is 14.8 Å². The summed E-state index contributed by atoms with van der Waals surface area (Å²) in [6.45, 7) is 8.08. The number of halogens is 1. The Labute approximate surface area is 152 Å². The van der Waals surface area contributed by atoms with Gasteiger partial charge in [0.1, 0.15) is 5.75 Å². The minimum absolute atomic E-state index is 0. The van der Waals surface area contributed by atoms with Crippen LogP contribution in [0.1, 0.15) is 38.7 Å². The second-order valence-corrected chi connectivity index (χ2v) is 8.46. The van der Waals surface area contributed by atoms with E-state index in [1.165, 1.54) is 5.56 Å². The van der Waals surface area contributed by atoms with Crippen molar-refractivity contribution in [2.45, 2.75) is 39.2 Å². The molecule has 0 aliphatic carbocycles. The Bertz CT molecular complexity index is 590. The highest BCUT2D eigenvalue weighted by molar-refractivity contribution is 7.89. The van der Waals surface area contributed by atoms with E-state index in [1.807, 2.05) is 12.1 Å². The summed E-state index contributed by atoms with van der Waals surface area (Å²) >= 11 is 0. The molecule has 1 aliphatic heterocycles. The summed E-state index contributed by atoms with van der Waals surface area (Å²) < 4.78 is 32.3. The van der Waals surface area contributed by atoms with Gasteiger partial charge < -0.3 is 10.1 Å². The Balaban J connectivity index is 0.00000288. The van der Waals surface area contributed by atoms with Crippen molar-refractivity contribution in [2.75, 3.05) is 25.4 Å². The molecule has 1 aliphatic rings. The number of hydrogen-bond acceptors (Lipinski definition) is 4. The number of ether oxygens (including phenoxy) is 1. The van der Waals surface area contributed by atoms with Gasteiger partial charge in [0.2, 0.25) is 10.0 Å². The lowest BCUT2D eigenvalue weighted by Gasteiger charge is -2.32. The monoisotopic (exact) mass is 376 g/mol. The largest absolute Gasteiger partial charge is 0.493 e. The van der Waals surface area contributed by atoms with Gasteiger partial charge in [-0.1, -0.05) is 26.0 Å². The fourth-order valence-corrected chi connectivity index (χ4v) is 3.66.